The number of amides is 3. The van der Waals surface area contributed by atoms with Crippen molar-refractivity contribution in [3.63, 3.8) is 0 Å². The molecule has 2 aromatic heterocycles. The molecule has 3 amide bonds. The largest absolute Gasteiger partial charge is 0.491 e. The number of carbonyl (C=O) groups is 3. The van der Waals surface area contributed by atoms with E-state index in [2.05, 4.69) is 20.6 Å². The summed E-state index contributed by atoms with van der Waals surface area (Å²) in [6.07, 6.45) is -5.95. The highest BCUT2D eigenvalue weighted by molar-refractivity contribution is 7.22. The molecule has 4 rings (SSSR count). The Balaban J connectivity index is 1.68. The first-order valence-corrected chi connectivity index (χ1v) is 15.1. The third kappa shape index (κ3) is 7.84. The average molecular weight is 677 g/mol. The van der Waals surface area contributed by atoms with Gasteiger partial charge in [-0.25, -0.2) is 14.4 Å². The number of nitrogens with two attached hydrogens (primary N) is 2. The first-order valence-electron chi connectivity index (χ1n) is 14.3. The van der Waals surface area contributed by atoms with Crippen molar-refractivity contribution in [2.45, 2.75) is 45.0 Å². The number of hydrogen-bond donors (Lipinski definition) is 5. The molecule has 0 saturated heterocycles. The van der Waals surface area contributed by atoms with E-state index in [1.807, 2.05) is 0 Å². The van der Waals surface area contributed by atoms with Crippen LogP contribution in [0.3, 0.4) is 0 Å². The number of carbonyl (C=O) groups excluding carboxylic acids is 3. The number of benzene rings is 2. The van der Waals surface area contributed by atoms with Crippen LogP contribution in [0.25, 0.3) is 21.5 Å². The number of primary amides is 1. The molecule has 0 fully saturated rings. The predicted octanol–water partition coefficient (Wildman–Crippen LogP) is 4.03. The van der Waals surface area contributed by atoms with Crippen LogP contribution in [-0.4, -0.2) is 58.2 Å². The Bertz CT molecular complexity index is 1800. The highest BCUT2D eigenvalue weighted by Crippen LogP contribution is 2.42. The first-order chi connectivity index (χ1) is 22.0. The third-order valence-electron chi connectivity index (χ3n) is 7.12. The standard InChI is InChI=1S/C31H32F4N6O5S/c1-4-46-26-18(13-23(36)42)12-22(40-25(26)16-5-8-19(32)9-6-16)30(45,31(33,34)35)14-38-27(43)17-7-10-20-21(11-17)47-29(39-20)41-28(44)24(37)15(2)3/h5-12,15,24,45H,4,13-14,37H2,1-3H3,(H2,36,42)(H,38,43)(H,39,41,44)/t24?,30-/m0/s1. The van der Waals surface area contributed by atoms with Crippen LogP contribution in [0.15, 0.2) is 48.5 Å². The van der Waals surface area contributed by atoms with E-state index < -0.39 is 60.0 Å². The molecule has 0 saturated carbocycles. The molecule has 7 N–H and O–H groups in total. The second kappa shape index (κ2) is 14.0. The van der Waals surface area contributed by atoms with Gasteiger partial charge in [-0.05, 0) is 61.4 Å². The van der Waals surface area contributed by atoms with E-state index in [9.17, 15) is 37.1 Å². The first kappa shape index (κ1) is 35.2. The second-order valence-corrected chi connectivity index (χ2v) is 12.0. The summed E-state index contributed by atoms with van der Waals surface area (Å²) in [5, 5.41) is 16.1. The number of rotatable bonds is 12. The zero-order chi connectivity index (χ0) is 34.7. The van der Waals surface area contributed by atoms with Crippen molar-refractivity contribution in [3.05, 3.63) is 71.2 Å². The van der Waals surface area contributed by atoms with Crippen LogP contribution in [0.1, 0.15) is 42.4 Å². The molecule has 0 aliphatic heterocycles. The fraction of sp³-hybridized carbons (Fsp3) is 0.323. The van der Waals surface area contributed by atoms with Crippen molar-refractivity contribution < 1.29 is 41.8 Å². The summed E-state index contributed by atoms with van der Waals surface area (Å²) in [4.78, 5) is 45.6. The monoisotopic (exact) mass is 676 g/mol. The topological polar surface area (TPSA) is 183 Å². The van der Waals surface area contributed by atoms with Gasteiger partial charge in [0.1, 0.15) is 17.3 Å². The number of anilines is 1. The van der Waals surface area contributed by atoms with E-state index in [0.29, 0.717) is 10.2 Å². The summed E-state index contributed by atoms with van der Waals surface area (Å²) in [6, 6.07) is 8.82. The van der Waals surface area contributed by atoms with Gasteiger partial charge in [0.15, 0.2) is 5.13 Å². The van der Waals surface area contributed by atoms with E-state index in [-0.39, 0.29) is 45.8 Å². The van der Waals surface area contributed by atoms with Crippen LogP contribution in [0.4, 0.5) is 22.7 Å². The molecule has 0 aliphatic rings. The third-order valence-corrected chi connectivity index (χ3v) is 8.05. The number of ether oxygens (including phenoxy) is 1. The summed E-state index contributed by atoms with van der Waals surface area (Å²) in [5.41, 5.74) is 6.70. The maximum absolute atomic E-state index is 14.6. The van der Waals surface area contributed by atoms with Gasteiger partial charge >= 0.3 is 6.18 Å². The molecule has 2 heterocycles. The van der Waals surface area contributed by atoms with Crippen LogP contribution in [-0.2, 0) is 21.6 Å². The van der Waals surface area contributed by atoms with Crippen LogP contribution >= 0.6 is 11.3 Å². The lowest BCUT2D eigenvalue weighted by Gasteiger charge is -2.31. The Morgan fingerprint density at radius 1 is 1.06 bits per heavy atom. The number of hydrogen-bond acceptors (Lipinski definition) is 9. The summed E-state index contributed by atoms with van der Waals surface area (Å²) in [6.45, 7) is 3.82. The van der Waals surface area contributed by atoms with Crippen molar-refractivity contribution in [3.8, 4) is 17.0 Å². The maximum Gasteiger partial charge on any atom is 0.424 e. The summed E-state index contributed by atoms with van der Waals surface area (Å²) >= 11 is 1.03. The van der Waals surface area contributed by atoms with Crippen molar-refractivity contribution >= 4 is 44.4 Å². The molecular formula is C31H32F4N6O5S. The average Bonchev–Trinajstić information content (AvgIpc) is 3.41. The highest BCUT2D eigenvalue weighted by atomic mass is 32.1. The minimum atomic E-state index is -5.38. The van der Waals surface area contributed by atoms with Crippen molar-refractivity contribution in [2.75, 3.05) is 18.5 Å². The molecule has 16 heteroatoms. The Morgan fingerprint density at radius 3 is 2.34 bits per heavy atom. The van der Waals surface area contributed by atoms with Crippen molar-refractivity contribution in [1.29, 1.82) is 0 Å². The fourth-order valence-electron chi connectivity index (χ4n) is 4.48. The summed E-state index contributed by atoms with van der Waals surface area (Å²) < 4.78 is 63.6. The van der Waals surface area contributed by atoms with E-state index >= 15 is 0 Å². The number of nitrogens with one attached hydrogen (secondary N) is 2. The van der Waals surface area contributed by atoms with Gasteiger partial charge in [-0.3, -0.25) is 14.4 Å². The summed E-state index contributed by atoms with van der Waals surface area (Å²) in [5.74, 6) is -3.14. The van der Waals surface area contributed by atoms with Crippen LogP contribution in [0.2, 0.25) is 0 Å². The van der Waals surface area contributed by atoms with Crippen LogP contribution in [0, 0.1) is 11.7 Å². The number of aromatic nitrogens is 2. The maximum atomic E-state index is 14.6. The number of fused-ring (bicyclic) bond motifs is 1. The SMILES string of the molecule is CCOc1c(CC(N)=O)cc([C@@](O)(CNC(=O)c2ccc3nc(NC(=O)C(N)C(C)C)sc3c2)C(F)(F)F)nc1-c1ccc(F)cc1. The molecule has 2 aromatic carbocycles. The Kier molecular flexibility index (Phi) is 10.5. The molecule has 1 unspecified atom stereocenters. The molecule has 11 nitrogen and oxygen atoms in total. The molecule has 250 valence electrons. The van der Waals surface area contributed by atoms with Crippen molar-refractivity contribution in [1.82, 2.24) is 15.3 Å². The molecule has 0 spiro atoms. The number of aliphatic hydroxyl groups is 1. The van der Waals surface area contributed by atoms with Crippen LogP contribution < -0.4 is 26.8 Å². The van der Waals surface area contributed by atoms with Crippen molar-refractivity contribution in [2.24, 2.45) is 17.4 Å². The lowest BCUT2D eigenvalue weighted by molar-refractivity contribution is -0.265. The number of halogens is 4. The molecule has 0 aliphatic carbocycles. The van der Waals surface area contributed by atoms with E-state index in [0.717, 1.165) is 29.5 Å². The van der Waals surface area contributed by atoms with E-state index in [1.165, 1.54) is 30.3 Å². The second-order valence-electron chi connectivity index (χ2n) is 10.9. The van der Waals surface area contributed by atoms with Crippen LogP contribution in [0.5, 0.6) is 5.75 Å². The lowest BCUT2D eigenvalue weighted by atomic mass is 9.93. The smallest absolute Gasteiger partial charge is 0.424 e. The van der Waals surface area contributed by atoms with Gasteiger partial charge in [0, 0.05) is 16.7 Å². The summed E-state index contributed by atoms with van der Waals surface area (Å²) in [7, 11) is 0. The van der Waals surface area contributed by atoms with Gasteiger partial charge in [-0.1, -0.05) is 25.2 Å². The van der Waals surface area contributed by atoms with E-state index in [4.69, 9.17) is 16.2 Å². The van der Waals surface area contributed by atoms with Gasteiger partial charge in [0.25, 0.3) is 5.91 Å². The molecule has 0 bridgehead atoms. The number of alkyl halides is 3. The number of thiazole rings is 1. The van der Waals surface area contributed by atoms with E-state index in [1.54, 1.807) is 20.8 Å². The molecule has 2 atom stereocenters. The highest BCUT2D eigenvalue weighted by Gasteiger charge is 2.56. The molecule has 0 radical (unpaired) electrons. The van der Waals surface area contributed by atoms with Gasteiger partial charge in [-0.2, -0.15) is 13.2 Å². The molecule has 4 aromatic rings. The normalized spacial score (nSPS) is 13.7. The fourth-order valence-corrected chi connectivity index (χ4v) is 5.39. The Hall–Kier alpha value is -4.67. The van der Waals surface area contributed by atoms with Gasteiger partial charge < -0.3 is 31.9 Å². The lowest BCUT2D eigenvalue weighted by Crippen LogP contribution is -2.51. The quantitative estimate of drug-likeness (QED) is 0.139. The zero-order valence-electron chi connectivity index (χ0n) is 25.4. The molecular weight excluding hydrogens is 644 g/mol. The number of nitrogens with zero attached hydrogens (tertiary/aromatic N) is 2. The van der Waals surface area contributed by atoms with Gasteiger partial charge in [0.2, 0.25) is 17.4 Å². The zero-order valence-corrected chi connectivity index (χ0v) is 26.3. The van der Waals surface area contributed by atoms with Gasteiger partial charge in [-0.15, -0.1) is 0 Å². The number of pyridine rings is 1. The minimum absolute atomic E-state index is 0.0318. The molecule has 47 heavy (non-hydrogen) atoms. The Labute approximate surface area is 270 Å². The van der Waals surface area contributed by atoms with Gasteiger partial charge in [0.05, 0.1) is 41.5 Å². The predicted molar refractivity (Wildman–Crippen MR) is 167 cm³/mol. The minimum Gasteiger partial charge on any atom is -0.491 e. The Morgan fingerprint density at radius 2 is 1.74 bits per heavy atom.